The summed E-state index contributed by atoms with van der Waals surface area (Å²) in [6.45, 7) is 9.55. The van der Waals surface area contributed by atoms with Crippen LogP contribution in [0.1, 0.15) is 63.1 Å². The molecule has 2 aromatic rings. The van der Waals surface area contributed by atoms with Crippen LogP contribution in [0.25, 0.3) is 11.3 Å². The van der Waals surface area contributed by atoms with Crippen LogP contribution in [0.15, 0.2) is 39.2 Å². The molecule has 0 radical (unpaired) electrons. The first-order valence-electron chi connectivity index (χ1n) is 9.90. The Labute approximate surface area is 181 Å². The SMILES string of the molecule is Cc1oc(-c2ccccc2)c(Br)c1C(=O)N[C@H](C)CCCC(C(=O)O)C(C)(C)C. The smallest absolute Gasteiger partial charge is 0.307 e. The van der Waals surface area contributed by atoms with Crippen LogP contribution >= 0.6 is 15.9 Å². The molecular weight excluding hydrogens is 434 g/mol. The number of carbonyl (C=O) groups excluding carboxylic acids is 1. The van der Waals surface area contributed by atoms with E-state index in [1.165, 1.54) is 0 Å². The van der Waals surface area contributed by atoms with Crippen molar-refractivity contribution in [1.82, 2.24) is 5.32 Å². The Morgan fingerprint density at radius 3 is 2.34 bits per heavy atom. The fraction of sp³-hybridized carbons (Fsp3) is 0.478. The van der Waals surface area contributed by atoms with Crippen molar-refractivity contribution in [3.05, 3.63) is 46.1 Å². The number of hydrogen-bond acceptors (Lipinski definition) is 3. The molecule has 0 saturated carbocycles. The Kier molecular flexibility index (Phi) is 7.69. The monoisotopic (exact) mass is 463 g/mol. The summed E-state index contributed by atoms with van der Waals surface area (Å²) < 4.78 is 6.48. The number of benzene rings is 1. The number of rotatable bonds is 8. The van der Waals surface area contributed by atoms with Crippen LogP contribution in [0.4, 0.5) is 0 Å². The van der Waals surface area contributed by atoms with Gasteiger partial charge in [0.05, 0.1) is 16.0 Å². The van der Waals surface area contributed by atoms with E-state index >= 15 is 0 Å². The lowest BCUT2D eigenvalue weighted by molar-refractivity contribution is -0.145. The largest absolute Gasteiger partial charge is 0.481 e. The van der Waals surface area contributed by atoms with Gasteiger partial charge in [0.25, 0.3) is 5.91 Å². The Balaban J connectivity index is 2.00. The molecule has 0 bridgehead atoms. The van der Waals surface area contributed by atoms with Crippen LogP contribution in [0.3, 0.4) is 0 Å². The molecule has 1 amide bonds. The minimum Gasteiger partial charge on any atom is -0.481 e. The molecule has 0 fully saturated rings. The molecule has 2 N–H and O–H groups in total. The predicted octanol–water partition coefficient (Wildman–Crippen LogP) is 6.05. The first kappa shape index (κ1) is 23.2. The summed E-state index contributed by atoms with van der Waals surface area (Å²) in [6, 6.07) is 9.56. The molecule has 1 aromatic heterocycles. The Bertz CT molecular complexity index is 852. The number of hydrogen-bond donors (Lipinski definition) is 2. The lowest BCUT2D eigenvalue weighted by atomic mass is 9.78. The zero-order valence-corrected chi connectivity index (χ0v) is 19.3. The van der Waals surface area contributed by atoms with Gasteiger partial charge < -0.3 is 14.8 Å². The fourth-order valence-corrected chi connectivity index (χ4v) is 4.24. The summed E-state index contributed by atoms with van der Waals surface area (Å²) >= 11 is 3.52. The maximum Gasteiger partial charge on any atom is 0.307 e. The van der Waals surface area contributed by atoms with Gasteiger partial charge in [0, 0.05) is 11.6 Å². The van der Waals surface area contributed by atoms with Gasteiger partial charge in [-0.2, -0.15) is 0 Å². The number of furan rings is 1. The summed E-state index contributed by atoms with van der Waals surface area (Å²) in [5, 5.41) is 12.4. The van der Waals surface area contributed by atoms with Crippen molar-refractivity contribution in [3.8, 4) is 11.3 Å². The highest BCUT2D eigenvalue weighted by Gasteiger charge is 2.30. The molecule has 0 spiro atoms. The van der Waals surface area contributed by atoms with Crippen molar-refractivity contribution in [2.45, 2.75) is 59.9 Å². The number of nitrogens with one attached hydrogen (secondary N) is 1. The third kappa shape index (κ3) is 5.95. The van der Waals surface area contributed by atoms with E-state index in [-0.39, 0.29) is 17.4 Å². The third-order valence-electron chi connectivity index (χ3n) is 5.14. The quantitative estimate of drug-likeness (QED) is 0.498. The predicted molar refractivity (Wildman–Crippen MR) is 118 cm³/mol. The van der Waals surface area contributed by atoms with E-state index < -0.39 is 11.9 Å². The molecule has 158 valence electrons. The molecule has 5 nitrogen and oxygen atoms in total. The summed E-state index contributed by atoms with van der Waals surface area (Å²) in [6.07, 6.45) is 2.04. The van der Waals surface area contributed by atoms with Crippen molar-refractivity contribution in [2.24, 2.45) is 11.3 Å². The second kappa shape index (κ2) is 9.61. The van der Waals surface area contributed by atoms with E-state index in [4.69, 9.17) is 4.42 Å². The second-order valence-corrected chi connectivity index (χ2v) is 9.40. The van der Waals surface area contributed by atoms with Gasteiger partial charge in [-0.05, 0) is 48.0 Å². The first-order chi connectivity index (χ1) is 13.5. The van der Waals surface area contributed by atoms with Crippen molar-refractivity contribution in [3.63, 3.8) is 0 Å². The minimum atomic E-state index is -0.763. The van der Waals surface area contributed by atoms with E-state index in [1.807, 2.05) is 58.0 Å². The van der Waals surface area contributed by atoms with Gasteiger partial charge in [-0.15, -0.1) is 0 Å². The van der Waals surface area contributed by atoms with Crippen LogP contribution in [0.5, 0.6) is 0 Å². The minimum absolute atomic E-state index is 0.0710. The highest BCUT2D eigenvalue weighted by molar-refractivity contribution is 9.10. The Morgan fingerprint density at radius 1 is 1.17 bits per heavy atom. The molecule has 0 saturated heterocycles. The molecule has 1 aromatic carbocycles. The van der Waals surface area contributed by atoms with Gasteiger partial charge in [-0.3, -0.25) is 9.59 Å². The van der Waals surface area contributed by atoms with Crippen LogP contribution in [-0.4, -0.2) is 23.0 Å². The van der Waals surface area contributed by atoms with Crippen LogP contribution in [-0.2, 0) is 4.79 Å². The number of carboxylic acid groups (broad SMARTS) is 1. The molecular formula is C23H30BrNO4. The van der Waals surface area contributed by atoms with Crippen molar-refractivity contribution in [2.75, 3.05) is 0 Å². The van der Waals surface area contributed by atoms with Crippen LogP contribution in [0.2, 0.25) is 0 Å². The topological polar surface area (TPSA) is 79.5 Å². The van der Waals surface area contributed by atoms with E-state index in [0.717, 1.165) is 12.0 Å². The molecule has 29 heavy (non-hydrogen) atoms. The van der Waals surface area contributed by atoms with Gasteiger partial charge in [-0.1, -0.05) is 57.5 Å². The lowest BCUT2D eigenvalue weighted by Gasteiger charge is -2.27. The lowest BCUT2D eigenvalue weighted by Crippen LogP contribution is -2.33. The average molecular weight is 464 g/mol. The van der Waals surface area contributed by atoms with E-state index in [0.29, 0.717) is 34.4 Å². The van der Waals surface area contributed by atoms with E-state index in [2.05, 4.69) is 21.2 Å². The molecule has 1 unspecified atom stereocenters. The van der Waals surface area contributed by atoms with Gasteiger partial charge in [0.1, 0.15) is 11.5 Å². The molecule has 2 rings (SSSR count). The zero-order chi connectivity index (χ0) is 21.8. The summed E-state index contributed by atoms with van der Waals surface area (Å²) in [5.74, 6) is -0.169. The number of aryl methyl sites for hydroxylation is 1. The maximum absolute atomic E-state index is 12.8. The number of halogens is 1. The van der Waals surface area contributed by atoms with Crippen molar-refractivity contribution >= 4 is 27.8 Å². The van der Waals surface area contributed by atoms with E-state index in [1.54, 1.807) is 6.92 Å². The normalized spacial score (nSPS) is 13.7. The van der Waals surface area contributed by atoms with Gasteiger partial charge in [-0.25, -0.2) is 0 Å². The Hall–Kier alpha value is -2.08. The van der Waals surface area contributed by atoms with Crippen LogP contribution < -0.4 is 5.32 Å². The second-order valence-electron chi connectivity index (χ2n) is 8.60. The maximum atomic E-state index is 12.8. The molecule has 0 aliphatic rings. The number of carbonyl (C=O) groups is 2. The van der Waals surface area contributed by atoms with Crippen LogP contribution in [0, 0.1) is 18.3 Å². The number of amides is 1. The molecule has 6 heteroatoms. The average Bonchev–Trinajstić information content (AvgIpc) is 2.92. The van der Waals surface area contributed by atoms with Crippen molar-refractivity contribution < 1.29 is 19.1 Å². The van der Waals surface area contributed by atoms with Gasteiger partial charge in [0.2, 0.25) is 0 Å². The molecule has 0 aliphatic heterocycles. The zero-order valence-electron chi connectivity index (χ0n) is 17.7. The molecule has 2 atom stereocenters. The standard InChI is InChI=1S/C23H30BrNO4/c1-14(10-9-13-17(22(27)28)23(3,4)5)25-21(26)18-15(2)29-20(19(18)24)16-11-7-6-8-12-16/h6-8,11-12,14,17H,9-10,13H2,1-5H3,(H,25,26)(H,27,28)/t14-,17?/m1/s1. The Morgan fingerprint density at radius 2 is 1.79 bits per heavy atom. The van der Waals surface area contributed by atoms with Crippen molar-refractivity contribution in [1.29, 1.82) is 0 Å². The first-order valence-corrected chi connectivity index (χ1v) is 10.7. The third-order valence-corrected chi connectivity index (χ3v) is 5.90. The van der Waals surface area contributed by atoms with Gasteiger partial charge >= 0.3 is 5.97 Å². The summed E-state index contributed by atoms with van der Waals surface area (Å²) in [4.78, 5) is 24.3. The highest BCUT2D eigenvalue weighted by Crippen LogP contribution is 2.36. The highest BCUT2D eigenvalue weighted by atomic mass is 79.9. The molecule has 0 aliphatic carbocycles. The van der Waals surface area contributed by atoms with E-state index in [9.17, 15) is 14.7 Å². The summed E-state index contributed by atoms with van der Waals surface area (Å²) in [7, 11) is 0. The summed E-state index contributed by atoms with van der Waals surface area (Å²) in [5.41, 5.74) is 1.11. The molecule has 1 heterocycles. The fourth-order valence-electron chi connectivity index (χ4n) is 3.47. The number of aliphatic carboxylic acids is 1. The van der Waals surface area contributed by atoms with Gasteiger partial charge in [0.15, 0.2) is 0 Å². The number of carboxylic acids is 1.